The van der Waals surface area contributed by atoms with Crippen LogP contribution in [0.5, 0.6) is 0 Å². The Morgan fingerprint density at radius 2 is 1.62 bits per heavy atom. The van der Waals surface area contributed by atoms with Crippen molar-refractivity contribution in [1.29, 1.82) is 0 Å². The lowest BCUT2D eigenvalue weighted by atomic mass is 10.0. The van der Waals surface area contributed by atoms with Gasteiger partial charge in [0.25, 0.3) is 0 Å². The molecule has 2 N–H and O–H groups in total. The van der Waals surface area contributed by atoms with E-state index in [2.05, 4.69) is 39.5 Å². The lowest BCUT2D eigenvalue weighted by Crippen LogP contribution is -2.35. The van der Waals surface area contributed by atoms with Crippen LogP contribution < -0.4 is 5.73 Å². The first-order valence-electron chi connectivity index (χ1n) is 6.91. The van der Waals surface area contributed by atoms with E-state index in [0.717, 1.165) is 18.4 Å². The summed E-state index contributed by atoms with van der Waals surface area (Å²) < 4.78 is 0. The van der Waals surface area contributed by atoms with Crippen molar-refractivity contribution < 1.29 is 0 Å². The van der Waals surface area contributed by atoms with Crippen molar-refractivity contribution in [1.82, 2.24) is 4.90 Å². The van der Waals surface area contributed by atoms with Gasteiger partial charge >= 0.3 is 0 Å². The average Bonchev–Trinajstić information content (AvgIpc) is 2.15. The average molecular weight is 228 g/mol. The molecule has 0 aliphatic carbocycles. The Balaban J connectivity index is 3.76. The Hall–Kier alpha value is -0.0800. The van der Waals surface area contributed by atoms with Crippen LogP contribution in [0.15, 0.2) is 0 Å². The molecule has 1 atom stereocenters. The smallest absolute Gasteiger partial charge is 0.00387 e. The second-order valence-corrected chi connectivity index (χ2v) is 5.81. The van der Waals surface area contributed by atoms with Gasteiger partial charge in [-0.25, -0.2) is 0 Å². The number of nitrogens with zero attached hydrogens (tertiary/aromatic N) is 1. The Kier molecular flexibility index (Phi) is 8.96. The first-order valence-corrected chi connectivity index (χ1v) is 6.91. The maximum absolute atomic E-state index is 5.56. The molecule has 1 unspecified atom stereocenters. The molecule has 0 bridgehead atoms. The van der Waals surface area contributed by atoms with Crippen LogP contribution in [0.2, 0.25) is 0 Å². The van der Waals surface area contributed by atoms with Gasteiger partial charge in [0.15, 0.2) is 0 Å². The summed E-state index contributed by atoms with van der Waals surface area (Å²) >= 11 is 0. The first-order chi connectivity index (χ1) is 7.47. The van der Waals surface area contributed by atoms with Crippen molar-refractivity contribution in [2.45, 2.75) is 59.9 Å². The summed E-state index contributed by atoms with van der Waals surface area (Å²) in [6.45, 7) is 14.8. The van der Waals surface area contributed by atoms with Crippen LogP contribution >= 0.6 is 0 Å². The topological polar surface area (TPSA) is 29.3 Å². The van der Waals surface area contributed by atoms with Gasteiger partial charge in [-0.15, -0.1) is 0 Å². The molecule has 2 heteroatoms. The molecule has 0 saturated carbocycles. The Morgan fingerprint density at radius 1 is 1.00 bits per heavy atom. The minimum Gasteiger partial charge on any atom is -0.330 e. The lowest BCUT2D eigenvalue weighted by molar-refractivity contribution is 0.190. The third-order valence-corrected chi connectivity index (χ3v) is 3.13. The van der Waals surface area contributed by atoms with E-state index in [4.69, 9.17) is 5.73 Å². The molecule has 0 spiro atoms. The second kappa shape index (κ2) is 9.00. The minimum absolute atomic E-state index is 0.673. The normalized spacial score (nSPS) is 14.1. The molecule has 0 heterocycles. The highest BCUT2D eigenvalue weighted by atomic mass is 15.1. The lowest BCUT2D eigenvalue weighted by Gasteiger charge is -2.28. The van der Waals surface area contributed by atoms with Crippen LogP contribution in [-0.4, -0.2) is 30.6 Å². The zero-order valence-electron chi connectivity index (χ0n) is 12.0. The number of hydrogen-bond acceptors (Lipinski definition) is 2. The van der Waals surface area contributed by atoms with E-state index < -0.39 is 0 Å². The molecule has 0 radical (unpaired) electrons. The first kappa shape index (κ1) is 15.9. The van der Waals surface area contributed by atoms with Gasteiger partial charge in [-0.3, -0.25) is 0 Å². The van der Waals surface area contributed by atoms with Gasteiger partial charge in [0.1, 0.15) is 0 Å². The van der Waals surface area contributed by atoms with Gasteiger partial charge in [-0.1, -0.05) is 20.8 Å². The Labute approximate surface area is 103 Å². The van der Waals surface area contributed by atoms with Gasteiger partial charge in [0.2, 0.25) is 0 Å². The molecular weight excluding hydrogens is 196 g/mol. The zero-order valence-corrected chi connectivity index (χ0v) is 12.0. The number of nitrogens with two attached hydrogens (primary N) is 1. The zero-order chi connectivity index (χ0) is 12.6. The summed E-state index contributed by atoms with van der Waals surface area (Å²) in [6.07, 6.45) is 3.80. The van der Waals surface area contributed by atoms with Crippen molar-refractivity contribution >= 4 is 0 Å². The highest BCUT2D eigenvalue weighted by molar-refractivity contribution is 4.66. The molecule has 0 aromatic heterocycles. The predicted octanol–water partition coefficient (Wildman–Crippen LogP) is 3.12. The van der Waals surface area contributed by atoms with Gasteiger partial charge in [0, 0.05) is 12.6 Å². The maximum Gasteiger partial charge on any atom is 0.00387 e. The molecule has 0 aromatic rings. The van der Waals surface area contributed by atoms with E-state index in [1.807, 2.05) is 0 Å². The summed E-state index contributed by atoms with van der Waals surface area (Å²) in [5.41, 5.74) is 5.56. The van der Waals surface area contributed by atoms with E-state index >= 15 is 0 Å². The fraction of sp³-hybridized carbons (Fsp3) is 1.00. The van der Waals surface area contributed by atoms with E-state index in [1.54, 1.807) is 0 Å². The Morgan fingerprint density at radius 3 is 2.06 bits per heavy atom. The van der Waals surface area contributed by atoms with E-state index in [0.29, 0.717) is 6.04 Å². The van der Waals surface area contributed by atoms with Gasteiger partial charge in [-0.05, 0) is 58.0 Å². The minimum atomic E-state index is 0.673. The van der Waals surface area contributed by atoms with Crippen molar-refractivity contribution in [3.8, 4) is 0 Å². The summed E-state index contributed by atoms with van der Waals surface area (Å²) in [4.78, 5) is 2.60. The molecule has 16 heavy (non-hydrogen) atoms. The van der Waals surface area contributed by atoms with Crippen LogP contribution in [0.4, 0.5) is 0 Å². The van der Waals surface area contributed by atoms with Crippen molar-refractivity contribution in [2.75, 3.05) is 19.6 Å². The molecule has 98 valence electrons. The fourth-order valence-corrected chi connectivity index (χ4v) is 2.10. The third-order valence-electron chi connectivity index (χ3n) is 3.13. The number of rotatable bonds is 9. The molecule has 0 aliphatic heterocycles. The predicted molar refractivity (Wildman–Crippen MR) is 73.6 cm³/mol. The van der Waals surface area contributed by atoms with Crippen molar-refractivity contribution in [3.63, 3.8) is 0 Å². The molecule has 0 fully saturated rings. The van der Waals surface area contributed by atoms with Crippen molar-refractivity contribution in [3.05, 3.63) is 0 Å². The molecule has 2 nitrogen and oxygen atoms in total. The Bertz CT molecular complexity index is 155. The largest absolute Gasteiger partial charge is 0.330 e. The quantitative estimate of drug-likeness (QED) is 0.657. The van der Waals surface area contributed by atoms with Gasteiger partial charge in [-0.2, -0.15) is 0 Å². The van der Waals surface area contributed by atoms with E-state index in [1.165, 1.54) is 32.4 Å². The van der Waals surface area contributed by atoms with Crippen LogP contribution in [-0.2, 0) is 0 Å². The summed E-state index contributed by atoms with van der Waals surface area (Å²) in [7, 11) is 0. The molecular formula is C14H32N2. The molecule has 0 aliphatic rings. The maximum atomic E-state index is 5.56. The highest BCUT2D eigenvalue weighted by Gasteiger charge is 2.11. The molecule has 0 aromatic carbocycles. The summed E-state index contributed by atoms with van der Waals surface area (Å²) in [5.74, 6) is 1.56. The van der Waals surface area contributed by atoms with E-state index in [-0.39, 0.29) is 0 Å². The molecule has 0 saturated heterocycles. The van der Waals surface area contributed by atoms with E-state index in [9.17, 15) is 0 Å². The standard InChI is InChI=1S/C14H32N2/c1-12(2)11-16(13(3)4)10-6-7-14(5)8-9-15/h12-14H,6-11,15H2,1-5H3. The summed E-state index contributed by atoms with van der Waals surface area (Å²) in [6, 6.07) is 0.673. The van der Waals surface area contributed by atoms with Gasteiger partial charge < -0.3 is 10.6 Å². The monoisotopic (exact) mass is 228 g/mol. The molecule has 0 amide bonds. The second-order valence-electron chi connectivity index (χ2n) is 5.81. The van der Waals surface area contributed by atoms with Crippen LogP contribution in [0.3, 0.4) is 0 Å². The summed E-state index contributed by atoms with van der Waals surface area (Å²) in [5, 5.41) is 0. The van der Waals surface area contributed by atoms with Gasteiger partial charge in [0.05, 0.1) is 0 Å². The highest BCUT2D eigenvalue weighted by Crippen LogP contribution is 2.12. The van der Waals surface area contributed by atoms with Crippen LogP contribution in [0.1, 0.15) is 53.9 Å². The number of hydrogen-bond donors (Lipinski definition) is 1. The molecule has 0 rings (SSSR count). The fourth-order valence-electron chi connectivity index (χ4n) is 2.10. The van der Waals surface area contributed by atoms with Crippen molar-refractivity contribution in [2.24, 2.45) is 17.6 Å². The van der Waals surface area contributed by atoms with Crippen LogP contribution in [0, 0.1) is 11.8 Å². The SMILES string of the molecule is CC(C)CN(CCCC(C)CCN)C(C)C. The van der Waals surface area contributed by atoms with Crippen LogP contribution in [0.25, 0.3) is 0 Å². The third kappa shape index (κ3) is 8.12.